The largest absolute Gasteiger partial charge is 0.370 e. The van der Waals surface area contributed by atoms with E-state index in [0.717, 1.165) is 12.0 Å². The van der Waals surface area contributed by atoms with Crippen molar-refractivity contribution in [2.75, 3.05) is 14.1 Å². The van der Waals surface area contributed by atoms with Crippen molar-refractivity contribution in [2.45, 2.75) is 18.4 Å². The van der Waals surface area contributed by atoms with Crippen molar-refractivity contribution < 1.29 is 4.39 Å². The van der Waals surface area contributed by atoms with Gasteiger partial charge in [0.05, 0.1) is 6.04 Å². The van der Waals surface area contributed by atoms with Gasteiger partial charge in [0, 0.05) is 20.0 Å². The summed E-state index contributed by atoms with van der Waals surface area (Å²) in [5, 5.41) is 0. The van der Waals surface area contributed by atoms with Crippen molar-refractivity contribution in [3.8, 4) is 0 Å². The SMILES string of the molecule is CN(C)C(N)=N[C@@H]1C[C@H]1c1ccccc1F. The Morgan fingerprint density at radius 2 is 2.12 bits per heavy atom. The molecular formula is C12H16FN3. The third kappa shape index (κ3) is 2.15. The van der Waals surface area contributed by atoms with Crippen LogP contribution >= 0.6 is 0 Å². The Hall–Kier alpha value is -1.58. The van der Waals surface area contributed by atoms with Gasteiger partial charge in [0.25, 0.3) is 0 Å². The third-order valence-corrected chi connectivity index (χ3v) is 2.82. The Balaban J connectivity index is 2.08. The summed E-state index contributed by atoms with van der Waals surface area (Å²) in [6.45, 7) is 0. The van der Waals surface area contributed by atoms with Crippen molar-refractivity contribution >= 4 is 5.96 Å². The molecule has 0 saturated heterocycles. The Labute approximate surface area is 94.8 Å². The first-order valence-corrected chi connectivity index (χ1v) is 5.34. The van der Waals surface area contributed by atoms with Crippen molar-refractivity contribution in [1.82, 2.24) is 4.90 Å². The lowest BCUT2D eigenvalue weighted by atomic mass is 10.1. The minimum Gasteiger partial charge on any atom is -0.370 e. The van der Waals surface area contributed by atoms with Crippen molar-refractivity contribution in [2.24, 2.45) is 10.7 Å². The second-order valence-electron chi connectivity index (χ2n) is 4.31. The number of nitrogens with zero attached hydrogens (tertiary/aromatic N) is 2. The first-order valence-electron chi connectivity index (χ1n) is 5.34. The third-order valence-electron chi connectivity index (χ3n) is 2.82. The smallest absolute Gasteiger partial charge is 0.191 e. The van der Waals surface area contributed by atoms with Crippen LogP contribution in [0.15, 0.2) is 29.3 Å². The zero-order valence-electron chi connectivity index (χ0n) is 9.52. The molecule has 0 heterocycles. The lowest BCUT2D eigenvalue weighted by Crippen LogP contribution is -2.30. The second-order valence-corrected chi connectivity index (χ2v) is 4.31. The van der Waals surface area contributed by atoms with Gasteiger partial charge in [0.2, 0.25) is 0 Å². The first-order chi connectivity index (χ1) is 7.59. The number of benzene rings is 1. The second kappa shape index (κ2) is 4.12. The number of aliphatic imine (C=N–C) groups is 1. The molecule has 2 rings (SSSR count). The van der Waals surface area contributed by atoms with Gasteiger partial charge in [-0.1, -0.05) is 18.2 Å². The lowest BCUT2D eigenvalue weighted by molar-refractivity contribution is 0.602. The van der Waals surface area contributed by atoms with E-state index in [1.807, 2.05) is 26.2 Å². The fourth-order valence-corrected chi connectivity index (χ4v) is 1.72. The Bertz CT molecular complexity index is 414. The number of guanidine groups is 1. The first kappa shape index (κ1) is 10.9. The van der Waals surface area contributed by atoms with Crippen LogP contribution in [0, 0.1) is 5.82 Å². The molecule has 1 aromatic carbocycles. The molecule has 0 unspecified atom stereocenters. The van der Waals surface area contributed by atoms with Gasteiger partial charge >= 0.3 is 0 Å². The molecule has 1 fully saturated rings. The number of hydrogen-bond acceptors (Lipinski definition) is 1. The molecule has 0 spiro atoms. The maximum atomic E-state index is 13.5. The average molecular weight is 221 g/mol. The number of rotatable bonds is 2. The maximum absolute atomic E-state index is 13.5. The van der Waals surface area contributed by atoms with Crippen LogP contribution in [0.25, 0.3) is 0 Å². The van der Waals surface area contributed by atoms with Crippen molar-refractivity contribution in [3.05, 3.63) is 35.6 Å². The molecule has 1 aliphatic carbocycles. The summed E-state index contributed by atoms with van der Waals surface area (Å²) in [7, 11) is 3.69. The molecule has 4 heteroatoms. The summed E-state index contributed by atoms with van der Waals surface area (Å²) in [5.41, 5.74) is 6.47. The summed E-state index contributed by atoms with van der Waals surface area (Å²) >= 11 is 0. The molecule has 0 amide bonds. The minimum absolute atomic E-state index is 0.138. The van der Waals surface area contributed by atoms with Crippen LogP contribution < -0.4 is 5.73 Å². The zero-order valence-corrected chi connectivity index (χ0v) is 9.52. The molecule has 16 heavy (non-hydrogen) atoms. The molecule has 0 radical (unpaired) electrons. The summed E-state index contributed by atoms with van der Waals surface area (Å²) < 4.78 is 13.5. The molecule has 3 nitrogen and oxygen atoms in total. The van der Waals surface area contributed by atoms with E-state index < -0.39 is 0 Å². The van der Waals surface area contributed by atoms with Crippen LogP contribution in [0.5, 0.6) is 0 Å². The lowest BCUT2D eigenvalue weighted by Gasteiger charge is -2.10. The highest BCUT2D eigenvalue weighted by atomic mass is 19.1. The molecule has 0 aromatic heterocycles. The zero-order chi connectivity index (χ0) is 11.7. The Morgan fingerprint density at radius 3 is 2.75 bits per heavy atom. The van der Waals surface area contributed by atoms with E-state index in [4.69, 9.17) is 5.73 Å². The predicted octanol–water partition coefficient (Wildman–Crippen LogP) is 1.56. The quantitative estimate of drug-likeness (QED) is 0.608. The van der Waals surface area contributed by atoms with Crippen LogP contribution in [-0.4, -0.2) is 31.0 Å². The summed E-state index contributed by atoms with van der Waals surface area (Å²) in [6, 6.07) is 7.00. The Morgan fingerprint density at radius 1 is 1.44 bits per heavy atom. The number of halogens is 1. The van der Waals surface area contributed by atoms with E-state index in [9.17, 15) is 4.39 Å². The summed E-state index contributed by atoms with van der Waals surface area (Å²) in [5.74, 6) is 0.553. The van der Waals surface area contributed by atoms with Crippen LogP contribution in [0.2, 0.25) is 0 Å². The monoisotopic (exact) mass is 221 g/mol. The van der Waals surface area contributed by atoms with Gasteiger partial charge in [0.1, 0.15) is 5.82 Å². The van der Waals surface area contributed by atoms with E-state index in [1.165, 1.54) is 6.07 Å². The van der Waals surface area contributed by atoms with E-state index in [2.05, 4.69) is 4.99 Å². The molecule has 1 aliphatic rings. The molecule has 2 atom stereocenters. The van der Waals surface area contributed by atoms with Crippen LogP contribution in [0.1, 0.15) is 17.9 Å². The van der Waals surface area contributed by atoms with Gasteiger partial charge < -0.3 is 10.6 Å². The van der Waals surface area contributed by atoms with Crippen LogP contribution in [0.3, 0.4) is 0 Å². The molecule has 2 N–H and O–H groups in total. The number of hydrogen-bond donors (Lipinski definition) is 1. The fraction of sp³-hybridized carbons (Fsp3) is 0.417. The van der Waals surface area contributed by atoms with Crippen LogP contribution in [0.4, 0.5) is 4.39 Å². The van der Waals surface area contributed by atoms with Gasteiger partial charge in [-0.25, -0.2) is 9.38 Å². The standard InChI is InChI=1S/C12H16FN3/c1-16(2)12(14)15-11-7-9(11)8-5-3-4-6-10(8)13/h3-6,9,11H,7H2,1-2H3,(H2,14,15)/t9-,11+/m0/s1. The van der Waals surface area contributed by atoms with Crippen molar-refractivity contribution in [3.63, 3.8) is 0 Å². The van der Waals surface area contributed by atoms with Gasteiger partial charge in [-0.3, -0.25) is 0 Å². The van der Waals surface area contributed by atoms with Gasteiger partial charge in [-0.05, 0) is 18.1 Å². The predicted molar refractivity (Wildman–Crippen MR) is 62.9 cm³/mol. The highest BCUT2D eigenvalue weighted by molar-refractivity contribution is 5.78. The van der Waals surface area contributed by atoms with Crippen molar-refractivity contribution in [1.29, 1.82) is 0 Å². The Kier molecular flexibility index (Phi) is 2.81. The normalized spacial score (nSPS) is 24.3. The van der Waals surface area contributed by atoms with E-state index >= 15 is 0 Å². The van der Waals surface area contributed by atoms with E-state index in [1.54, 1.807) is 11.0 Å². The van der Waals surface area contributed by atoms with E-state index in [-0.39, 0.29) is 17.8 Å². The summed E-state index contributed by atoms with van der Waals surface area (Å²) in [4.78, 5) is 6.10. The maximum Gasteiger partial charge on any atom is 0.191 e. The summed E-state index contributed by atoms with van der Waals surface area (Å²) in [6.07, 6.45) is 0.884. The molecule has 0 bridgehead atoms. The number of nitrogens with two attached hydrogens (primary N) is 1. The highest BCUT2D eigenvalue weighted by Crippen LogP contribution is 2.44. The fourth-order valence-electron chi connectivity index (χ4n) is 1.72. The molecule has 86 valence electrons. The molecule has 0 aliphatic heterocycles. The van der Waals surface area contributed by atoms with Gasteiger partial charge in [0.15, 0.2) is 5.96 Å². The minimum atomic E-state index is -0.145. The van der Waals surface area contributed by atoms with Gasteiger partial charge in [-0.15, -0.1) is 0 Å². The molecule has 1 aromatic rings. The highest BCUT2D eigenvalue weighted by Gasteiger charge is 2.40. The van der Waals surface area contributed by atoms with Gasteiger partial charge in [-0.2, -0.15) is 0 Å². The van der Waals surface area contributed by atoms with Crippen LogP contribution in [-0.2, 0) is 0 Å². The van der Waals surface area contributed by atoms with E-state index in [0.29, 0.717) is 5.96 Å². The average Bonchev–Trinajstić information content (AvgIpc) is 2.97. The molecular weight excluding hydrogens is 205 g/mol. The molecule has 1 saturated carbocycles. The topological polar surface area (TPSA) is 41.6 Å².